The predicted molar refractivity (Wildman–Crippen MR) is 83.1 cm³/mol. The van der Waals surface area contributed by atoms with E-state index in [1.54, 1.807) is 6.20 Å². The van der Waals surface area contributed by atoms with Crippen molar-refractivity contribution in [1.82, 2.24) is 15.1 Å². The molecule has 0 saturated carbocycles. The molecule has 3 aliphatic rings. The minimum Gasteiger partial charge on any atom is -0.403 e. The molecule has 0 spiro atoms. The average molecular weight is 290 g/mol. The lowest BCUT2D eigenvalue weighted by Gasteiger charge is -2.37. The summed E-state index contributed by atoms with van der Waals surface area (Å²) in [7, 11) is 0. The molecule has 0 bridgehead atoms. The van der Waals surface area contributed by atoms with Crippen LogP contribution in [0.2, 0.25) is 0 Å². The number of nitrogens with two attached hydrogens (primary N) is 1. The third-order valence-electron chi connectivity index (χ3n) is 4.87. The van der Waals surface area contributed by atoms with Crippen molar-refractivity contribution >= 4 is 5.91 Å². The molecule has 0 unspecified atom stereocenters. The molecule has 3 heterocycles. The summed E-state index contributed by atoms with van der Waals surface area (Å²) in [5.41, 5.74) is 8.14. The third-order valence-corrected chi connectivity index (χ3v) is 4.87. The lowest BCUT2D eigenvalue weighted by Crippen LogP contribution is -2.44. The predicted octanol–water partition coefficient (Wildman–Crippen LogP) is 1.14. The Morgan fingerprint density at radius 3 is 2.52 bits per heavy atom. The normalized spacial score (nSPS) is 28.5. The van der Waals surface area contributed by atoms with Gasteiger partial charge in [0.1, 0.15) is 0 Å². The summed E-state index contributed by atoms with van der Waals surface area (Å²) in [5, 5.41) is 3.36. The molecule has 0 atom stereocenters. The van der Waals surface area contributed by atoms with Crippen LogP contribution in [0, 0.1) is 0 Å². The molecule has 3 saturated heterocycles. The minimum absolute atomic E-state index is 0.365. The van der Waals surface area contributed by atoms with E-state index in [4.69, 9.17) is 5.73 Å². The van der Waals surface area contributed by atoms with Crippen LogP contribution < -0.4 is 11.1 Å². The highest BCUT2D eigenvalue weighted by molar-refractivity contribution is 5.78. The molecule has 3 N–H and O–H groups in total. The average Bonchev–Trinajstić information content (AvgIpc) is 2.95. The van der Waals surface area contributed by atoms with Crippen molar-refractivity contribution in [2.24, 2.45) is 5.73 Å². The summed E-state index contributed by atoms with van der Waals surface area (Å²) in [6, 6.07) is 0.478. The molecule has 0 aliphatic carbocycles. The van der Waals surface area contributed by atoms with E-state index in [1.807, 2.05) is 0 Å². The first-order chi connectivity index (χ1) is 10.3. The van der Waals surface area contributed by atoms with Gasteiger partial charge in [-0.15, -0.1) is 0 Å². The Morgan fingerprint density at radius 1 is 1.14 bits per heavy atom. The van der Waals surface area contributed by atoms with Gasteiger partial charge < -0.3 is 20.9 Å². The molecule has 0 radical (unpaired) electrons. The molecular weight excluding hydrogens is 264 g/mol. The van der Waals surface area contributed by atoms with Gasteiger partial charge in [0.25, 0.3) is 0 Å². The van der Waals surface area contributed by atoms with Crippen molar-refractivity contribution in [3.05, 3.63) is 23.7 Å². The molecular formula is C16H26N4O. The number of amides is 1. The van der Waals surface area contributed by atoms with Gasteiger partial charge in [0.15, 0.2) is 0 Å². The van der Waals surface area contributed by atoms with E-state index >= 15 is 0 Å². The maximum absolute atomic E-state index is 11.8. The molecule has 21 heavy (non-hydrogen) atoms. The number of rotatable bonds is 2. The molecule has 0 aromatic carbocycles. The van der Waals surface area contributed by atoms with Crippen LogP contribution in [0.5, 0.6) is 0 Å². The van der Waals surface area contributed by atoms with E-state index in [1.165, 1.54) is 5.57 Å². The zero-order valence-electron chi connectivity index (χ0n) is 12.7. The third kappa shape index (κ3) is 3.34. The van der Waals surface area contributed by atoms with Crippen molar-refractivity contribution in [2.45, 2.75) is 44.6 Å². The first-order valence-corrected chi connectivity index (χ1v) is 8.14. The van der Waals surface area contributed by atoms with Gasteiger partial charge in [0.2, 0.25) is 5.91 Å². The van der Waals surface area contributed by atoms with E-state index < -0.39 is 0 Å². The largest absolute Gasteiger partial charge is 0.403 e. The highest BCUT2D eigenvalue weighted by Gasteiger charge is 2.30. The summed E-state index contributed by atoms with van der Waals surface area (Å²) in [6.45, 7) is 4.02. The van der Waals surface area contributed by atoms with Gasteiger partial charge in [0, 0.05) is 50.5 Å². The zero-order chi connectivity index (χ0) is 14.7. The molecule has 5 nitrogen and oxygen atoms in total. The van der Waals surface area contributed by atoms with E-state index in [9.17, 15) is 4.79 Å². The molecule has 1 amide bonds. The number of hydrogen-bond donors (Lipinski definition) is 2. The monoisotopic (exact) mass is 290 g/mol. The lowest BCUT2D eigenvalue weighted by molar-refractivity contribution is -0.130. The number of allylic oxidation sites excluding steroid dienone is 1. The first kappa shape index (κ1) is 14.3. The first-order valence-electron chi connectivity index (χ1n) is 8.14. The summed E-state index contributed by atoms with van der Waals surface area (Å²) < 4.78 is 0. The lowest BCUT2D eigenvalue weighted by atomic mass is 10.0. The Bertz CT molecular complexity index is 437. The number of likely N-dealkylation sites (tertiary alicyclic amines) is 2. The van der Waals surface area contributed by atoms with Crippen LogP contribution in [0.1, 0.15) is 38.5 Å². The van der Waals surface area contributed by atoms with Crippen LogP contribution in [-0.4, -0.2) is 47.9 Å². The fourth-order valence-electron chi connectivity index (χ4n) is 3.59. The van der Waals surface area contributed by atoms with Crippen molar-refractivity contribution in [3.8, 4) is 0 Å². The van der Waals surface area contributed by atoms with Crippen molar-refractivity contribution < 1.29 is 4.79 Å². The van der Waals surface area contributed by atoms with Gasteiger partial charge in [-0.05, 0) is 43.9 Å². The van der Waals surface area contributed by atoms with Gasteiger partial charge in [0.05, 0.1) is 0 Å². The summed E-state index contributed by atoms with van der Waals surface area (Å²) in [4.78, 5) is 16.3. The Hall–Kier alpha value is -1.65. The molecule has 3 aliphatic heterocycles. The Labute approximate surface area is 126 Å². The SMILES string of the molecule is N/C=C1/CC/C(=C\N2CCC(N3CCCC3=O)CC2)CN1. The van der Waals surface area contributed by atoms with Crippen LogP contribution in [0.15, 0.2) is 23.7 Å². The zero-order valence-corrected chi connectivity index (χ0v) is 12.7. The quantitative estimate of drug-likeness (QED) is 0.800. The van der Waals surface area contributed by atoms with E-state index in [-0.39, 0.29) is 0 Å². The Kier molecular flexibility index (Phi) is 4.36. The smallest absolute Gasteiger partial charge is 0.222 e. The Morgan fingerprint density at radius 2 is 1.95 bits per heavy atom. The molecule has 0 aromatic heterocycles. The van der Waals surface area contributed by atoms with Crippen LogP contribution in [0.25, 0.3) is 0 Å². The van der Waals surface area contributed by atoms with E-state index in [0.29, 0.717) is 11.9 Å². The second kappa shape index (κ2) is 6.41. The second-order valence-electron chi connectivity index (χ2n) is 6.29. The van der Waals surface area contributed by atoms with Gasteiger partial charge in [-0.2, -0.15) is 0 Å². The van der Waals surface area contributed by atoms with Crippen molar-refractivity contribution in [2.75, 3.05) is 26.2 Å². The number of carbonyl (C=O) groups is 1. The standard InChI is InChI=1S/C16H26N4O/c17-10-14-4-3-13(11-18-14)12-19-8-5-15(6-9-19)20-7-1-2-16(20)21/h10,12,15,18H,1-9,11,17H2/b13-12+,14-10-. The number of hydrogen-bond acceptors (Lipinski definition) is 4. The highest BCUT2D eigenvalue weighted by atomic mass is 16.2. The highest BCUT2D eigenvalue weighted by Crippen LogP contribution is 2.23. The fraction of sp³-hybridized carbons (Fsp3) is 0.688. The number of piperidine rings is 2. The molecule has 3 fully saturated rings. The number of nitrogens with zero attached hydrogens (tertiary/aromatic N) is 2. The van der Waals surface area contributed by atoms with Crippen LogP contribution in [0.3, 0.4) is 0 Å². The molecule has 116 valence electrons. The molecule has 5 heteroatoms. The van der Waals surface area contributed by atoms with Crippen LogP contribution in [0.4, 0.5) is 0 Å². The van der Waals surface area contributed by atoms with Gasteiger partial charge in [-0.25, -0.2) is 0 Å². The fourth-order valence-corrected chi connectivity index (χ4v) is 3.59. The molecule has 0 aromatic rings. The van der Waals surface area contributed by atoms with E-state index in [0.717, 1.165) is 70.4 Å². The van der Waals surface area contributed by atoms with Gasteiger partial charge in [-0.1, -0.05) is 0 Å². The van der Waals surface area contributed by atoms with Crippen molar-refractivity contribution in [3.63, 3.8) is 0 Å². The van der Waals surface area contributed by atoms with Crippen LogP contribution >= 0.6 is 0 Å². The van der Waals surface area contributed by atoms with Gasteiger partial charge >= 0.3 is 0 Å². The number of carbonyl (C=O) groups excluding carboxylic acids is 1. The minimum atomic E-state index is 0.365. The second-order valence-corrected chi connectivity index (χ2v) is 6.29. The van der Waals surface area contributed by atoms with Crippen LogP contribution in [-0.2, 0) is 4.79 Å². The molecule has 3 rings (SSSR count). The maximum Gasteiger partial charge on any atom is 0.222 e. The summed E-state index contributed by atoms with van der Waals surface area (Å²) >= 11 is 0. The number of nitrogens with one attached hydrogen (secondary N) is 1. The summed E-state index contributed by atoms with van der Waals surface area (Å²) in [6.07, 6.45) is 10.1. The van der Waals surface area contributed by atoms with E-state index in [2.05, 4.69) is 21.3 Å². The van der Waals surface area contributed by atoms with Gasteiger partial charge in [-0.3, -0.25) is 4.79 Å². The summed E-state index contributed by atoms with van der Waals surface area (Å²) in [5.74, 6) is 0.365. The van der Waals surface area contributed by atoms with Crippen molar-refractivity contribution in [1.29, 1.82) is 0 Å². The maximum atomic E-state index is 11.8. The Balaban J connectivity index is 1.49. The topological polar surface area (TPSA) is 61.6 Å².